The fourth-order valence-electron chi connectivity index (χ4n) is 5.03. The average Bonchev–Trinajstić information content (AvgIpc) is 3.52. The first-order chi connectivity index (χ1) is 14.9. The van der Waals surface area contributed by atoms with E-state index in [1.54, 1.807) is 0 Å². The van der Waals surface area contributed by atoms with Crippen molar-refractivity contribution >= 4 is 23.8 Å². The molecule has 172 valence electrons. The molecule has 0 saturated carbocycles. The number of aliphatic hydroxyl groups excluding tert-OH is 2. The number of ether oxygens (including phenoxy) is 1. The second-order valence-electron chi connectivity index (χ2n) is 8.70. The van der Waals surface area contributed by atoms with E-state index in [0.717, 1.165) is 0 Å². The van der Waals surface area contributed by atoms with Crippen LogP contribution in [0.3, 0.4) is 0 Å². The van der Waals surface area contributed by atoms with Crippen LogP contribution in [0.5, 0.6) is 0 Å². The third-order valence-corrected chi connectivity index (χ3v) is 6.73. The molecule has 0 bridgehead atoms. The number of hydrogen-bond acceptors (Lipinski definition) is 9. The van der Waals surface area contributed by atoms with E-state index in [0.29, 0.717) is 64.7 Å². The van der Waals surface area contributed by atoms with Crippen molar-refractivity contribution in [2.45, 2.75) is 74.9 Å². The van der Waals surface area contributed by atoms with Gasteiger partial charge in [0, 0.05) is 13.1 Å². The van der Waals surface area contributed by atoms with Crippen LogP contribution < -0.4 is 10.6 Å². The minimum atomic E-state index is -0.880. The molecule has 0 aromatic carbocycles. The minimum Gasteiger partial charge on any atom is -0.391 e. The molecule has 2 unspecified atom stereocenters. The Morgan fingerprint density at radius 2 is 1.13 bits per heavy atom. The van der Waals surface area contributed by atoms with Gasteiger partial charge in [-0.3, -0.25) is 9.59 Å². The lowest BCUT2D eigenvalue weighted by Crippen LogP contribution is -2.53. The molecule has 31 heavy (non-hydrogen) atoms. The van der Waals surface area contributed by atoms with E-state index in [1.807, 2.05) is 0 Å². The monoisotopic (exact) mass is 438 g/mol. The van der Waals surface area contributed by atoms with Gasteiger partial charge in [-0.25, -0.2) is 9.59 Å². The summed E-state index contributed by atoms with van der Waals surface area (Å²) in [5.74, 6) is -2.34. The normalized spacial score (nSPS) is 35.5. The van der Waals surface area contributed by atoms with Crippen molar-refractivity contribution in [3.8, 4) is 0 Å². The van der Waals surface area contributed by atoms with E-state index >= 15 is 0 Å². The molecule has 0 aliphatic carbocycles. The van der Waals surface area contributed by atoms with E-state index in [1.165, 1.54) is 9.80 Å². The van der Waals surface area contributed by atoms with Gasteiger partial charge in [-0.2, -0.15) is 0 Å². The molecule has 0 radical (unpaired) electrons. The summed E-state index contributed by atoms with van der Waals surface area (Å²) in [6.07, 6.45) is 1.29. The summed E-state index contributed by atoms with van der Waals surface area (Å²) >= 11 is 0. The van der Waals surface area contributed by atoms with Crippen LogP contribution >= 0.6 is 0 Å². The summed E-state index contributed by atoms with van der Waals surface area (Å²) in [6, 6.07) is -3.26. The van der Waals surface area contributed by atoms with E-state index in [4.69, 9.17) is 4.74 Å². The van der Waals surface area contributed by atoms with Crippen LogP contribution in [-0.2, 0) is 23.9 Å². The fourth-order valence-corrected chi connectivity index (χ4v) is 5.03. The van der Waals surface area contributed by atoms with Gasteiger partial charge < -0.3 is 35.4 Å². The summed E-state index contributed by atoms with van der Waals surface area (Å²) in [5.41, 5.74) is 0. The number of esters is 2. The number of aliphatic hydroxyl groups is 2. The number of carbonyl (C=O) groups is 4. The zero-order valence-electron chi connectivity index (χ0n) is 17.4. The number of rotatable bonds is 4. The first-order valence-electron chi connectivity index (χ1n) is 11.1. The second-order valence-corrected chi connectivity index (χ2v) is 8.70. The molecule has 4 N–H and O–H groups in total. The molecule has 11 nitrogen and oxygen atoms in total. The average molecular weight is 438 g/mol. The fraction of sp³-hybridized carbons (Fsp3) is 0.800. The van der Waals surface area contributed by atoms with Crippen LogP contribution in [0.25, 0.3) is 0 Å². The largest absolute Gasteiger partial charge is 0.391 e. The van der Waals surface area contributed by atoms with Crippen molar-refractivity contribution in [2.24, 2.45) is 0 Å². The molecule has 4 rings (SSSR count). The summed E-state index contributed by atoms with van der Waals surface area (Å²) in [7, 11) is 0. The molecule has 2 amide bonds. The molecule has 4 fully saturated rings. The molecular formula is C20H30N4O7. The maximum atomic E-state index is 12.8. The Kier molecular flexibility index (Phi) is 6.56. The highest BCUT2D eigenvalue weighted by molar-refractivity contribution is 5.96. The Balaban J connectivity index is 1.37. The van der Waals surface area contributed by atoms with Crippen molar-refractivity contribution in [1.29, 1.82) is 0 Å². The predicted octanol–water partition coefficient (Wildman–Crippen LogP) is -2.52. The summed E-state index contributed by atoms with van der Waals surface area (Å²) in [5, 5.41) is 25.9. The highest BCUT2D eigenvalue weighted by Crippen LogP contribution is 2.25. The Labute approximate surface area is 180 Å². The van der Waals surface area contributed by atoms with Crippen LogP contribution in [0.1, 0.15) is 38.5 Å². The minimum absolute atomic E-state index is 0.358. The predicted molar refractivity (Wildman–Crippen MR) is 105 cm³/mol. The molecule has 0 aromatic heterocycles. The maximum absolute atomic E-state index is 12.8. The standard InChI is InChI=1S/C20H30N4O7/c25-13-5-7-21-15(13)17(27)23-9-1-3-11(23)19(29)31-20(30)12-4-2-10-24(12)18(28)16-14(26)6-8-22-16/h11-16,21-22,25-26H,1-10H2/t11-,12-,13?,14?,15-,16-/m0/s1. The smallest absolute Gasteiger partial charge is 0.336 e. The van der Waals surface area contributed by atoms with Gasteiger partial charge >= 0.3 is 11.9 Å². The van der Waals surface area contributed by atoms with Gasteiger partial charge in [-0.1, -0.05) is 0 Å². The van der Waals surface area contributed by atoms with Crippen LogP contribution in [0.2, 0.25) is 0 Å². The van der Waals surface area contributed by atoms with Gasteiger partial charge in [-0.05, 0) is 51.6 Å². The summed E-state index contributed by atoms with van der Waals surface area (Å²) in [4.78, 5) is 53.7. The lowest BCUT2D eigenvalue weighted by Gasteiger charge is -2.29. The van der Waals surface area contributed by atoms with E-state index < -0.39 is 48.3 Å². The Bertz CT molecular complexity index is 687. The van der Waals surface area contributed by atoms with Gasteiger partial charge in [-0.15, -0.1) is 0 Å². The molecular weight excluding hydrogens is 408 g/mol. The summed E-state index contributed by atoms with van der Waals surface area (Å²) < 4.78 is 5.13. The zero-order valence-corrected chi connectivity index (χ0v) is 17.4. The van der Waals surface area contributed by atoms with Crippen LogP contribution in [0.15, 0.2) is 0 Å². The zero-order chi connectivity index (χ0) is 22.1. The number of nitrogens with one attached hydrogen (secondary N) is 2. The van der Waals surface area contributed by atoms with Gasteiger partial charge in [0.25, 0.3) is 0 Å². The van der Waals surface area contributed by atoms with Gasteiger partial charge in [0.1, 0.15) is 24.2 Å². The lowest BCUT2D eigenvalue weighted by molar-refractivity contribution is -0.169. The first-order valence-corrected chi connectivity index (χ1v) is 11.1. The number of likely N-dealkylation sites (tertiary alicyclic amines) is 2. The topological polar surface area (TPSA) is 149 Å². The summed E-state index contributed by atoms with van der Waals surface area (Å²) in [6.45, 7) is 1.76. The van der Waals surface area contributed by atoms with Gasteiger partial charge in [0.2, 0.25) is 11.8 Å². The van der Waals surface area contributed by atoms with E-state index in [-0.39, 0.29) is 11.8 Å². The maximum Gasteiger partial charge on any atom is 0.336 e. The van der Waals surface area contributed by atoms with Crippen molar-refractivity contribution in [3.05, 3.63) is 0 Å². The molecule has 6 atom stereocenters. The molecule has 11 heteroatoms. The third kappa shape index (κ3) is 4.32. The number of nitrogens with zero attached hydrogens (tertiary/aromatic N) is 2. The Morgan fingerprint density at radius 3 is 1.48 bits per heavy atom. The third-order valence-electron chi connectivity index (χ3n) is 6.73. The Hall–Kier alpha value is -2.08. The molecule has 0 spiro atoms. The van der Waals surface area contributed by atoms with Crippen molar-refractivity contribution < 1.29 is 34.1 Å². The molecule has 4 aliphatic rings. The first kappa shape index (κ1) is 22.1. The Morgan fingerprint density at radius 1 is 0.710 bits per heavy atom. The van der Waals surface area contributed by atoms with Crippen LogP contribution in [0.4, 0.5) is 0 Å². The number of carbonyl (C=O) groups excluding carboxylic acids is 4. The molecule has 4 aliphatic heterocycles. The quantitative estimate of drug-likeness (QED) is 0.276. The van der Waals surface area contributed by atoms with Crippen molar-refractivity contribution in [2.75, 3.05) is 26.2 Å². The molecule has 4 saturated heterocycles. The molecule has 0 aromatic rings. The van der Waals surface area contributed by atoms with Crippen molar-refractivity contribution in [3.63, 3.8) is 0 Å². The lowest BCUT2D eigenvalue weighted by atomic mass is 10.1. The highest BCUT2D eigenvalue weighted by atomic mass is 16.6. The highest BCUT2D eigenvalue weighted by Gasteiger charge is 2.45. The van der Waals surface area contributed by atoms with Crippen molar-refractivity contribution in [1.82, 2.24) is 20.4 Å². The van der Waals surface area contributed by atoms with E-state index in [9.17, 15) is 29.4 Å². The number of hydrogen-bond donors (Lipinski definition) is 4. The van der Waals surface area contributed by atoms with Crippen LogP contribution in [-0.4, -0.2) is 106 Å². The molecule has 4 heterocycles. The van der Waals surface area contributed by atoms with Gasteiger partial charge in [0.15, 0.2) is 0 Å². The van der Waals surface area contributed by atoms with Gasteiger partial charge in [0.05, 0.1) is 12.2 Å². The van der Waals surface area contributed by atoms with Crippen LogP contribution in [0, 0.1) is 0 Å². The number of amides is 2. The van der Waals surface area contributed by atoms with E-state index in [2.05, 4.69) is 10.6 Å². The second kappa shape index (κ2) is 9.19. The SMILES string of the molecule is O=C(OC(=O)[C@@H]1CCCN1C(=O)[C@H]1NCCC1O)[C@@H]1CCCN1C(=O)[C@H]1NCCC1O.